The van der Waals surface area contributed by atoms with E-state index < -0.39 is 0 Å². The fourth-order valence-electron chi connectivity index (χ4n) is 2.97. The summed E-state index contributed by atoms with van der Waals surface area (Å²) in [5.74, 6) is 5.85. The summed E-state index contributed by atoms with van der Waals surface area (Å²) in [4.78, 5) is 0. The summed E-state index contributed by atoms with van der Waals surface area (Å²) in [6.45, 7) is 11.4. The second-order valence-electron chi connectivity index (χ2n) is 5.56. The van der Waals surface area contributed by atoms with Gasteiger partial charge in [0.2, 0.25) is 0 Å². The molecule has 1 aromatic carbocycles. The van der Waals surface area contributed by atoms with Crippen LogP contribution in [-0.4, -0.2) is 18.2 Å². The first-order valence-electron chi connectivity index (χ1n) is 7.69. The molecule has 0 aliphatic heterocycles. The molecule has 0 spiro atoms. The van der Waals surface area contributed by atoms with Gasteiger partial charge in [-0.05, 0) is 51.2 Å². The lowest BCUT2D eigenvalue weighted by Crippen LogP contribution is -2.55. The number of benzene rings is 1. The number of hydrogen-bond donors (Lipinski definition) is 2. The SMILES string of the molecule is CCOC(CC)(CC)C(Cc1cc(C)ccc1C)NN. The lowest BCUT2D eigenvalue weighted by Gasteiger charge is -2.39. The van der Waals surface area contributed by atoms with Gasteiger partial charge in [-0.3, -0.25) is 11.3 Å². The summed E-state index contributed by atoms with van der Waals surface area (Å²) in [6.07, 6.45) is 2.81. The van der Waals surface area contributed by atoms with Gasteiger partial charge in [0.25, 0.3) is 0 Å². The molecule has 0 heterocycles. The third-order valence-electron chi connectivity index (χ3n) is 4.39. The van der Waals surface area contributed by atoms with Crippen molar-refractivity contribution in [2.45, 2.75) is 65.5 Å². The van der Waals surface area contributed by atoms with Gasteiger partial charge in [0.05, 0.1) is 11.6 Å². The molecule has 0 aliphatic rings. The van der Waals surface area contributed by atoms with Gasteiger partial charge in [-0.25, -0.2) is 0 Å². The maximum atomic E-state index is 6.08. The van der Waals surface area contributed by atoms with Crippen molar-refractivity contribution >= 4 is 0 Å². The van der Waals surface area contributed by atoms with Crippen LogP contribution < -0.4 is 11.3 Å². The van der Waals surface area contributed by atoms with Crippen LogP contribution in [0.5, 0.6) is 0 Å². The molecule has 0 saturated heterocycles. The van der Waals surface area contributed by atoms with Gasteiger partial charge in [-0.2, -0.15) is 0 Å². The van der Waals surface area contributed by atoms with Crippen LogP contribution in [0.15, 0.2) is 18.2 Å². The molecule has 0 bridgehead atoms. The fourth-order valence-corrected chi connectivity index (χ4v) is 2.97. The third-order valence-corrected chi connectivity index (χ3v) is 4.39. The molecule has 0 aromatic heterocycles. The van der Waals surface area contributed by atoms with Crippen LogP contribution in [0.3, 0.4) is 0 Å². The quantitative estimate of drug-likeness (QED) is 0.567. The van der Waals surface area contributed by atoms with Crippen LogP contribution in [0.25, 0.3) is 0 Å². The molecule has 0 aliphatic carbocycles. The minimum Gasteiger partial charge on any atom is -0.374 e. The first kappa shape index (κ1) is 17.2. The van der Waals surface area contributed by atoms with Gasteiger partial charge in [-0.1, -0.05) is 37.6 Å². The number of ether oxygens (including phenoxy) is 1. The Labute approximate surface area is 123 Å². The van der Waals surface area contributed by atoms with Crippen molar-refractivity contribution < 1.29 is 4.74 Å². The van der Waals surface area contributed by atoms with E-state index in [0.717, 1.165) is 19.3 Å². The van der Waals surface area contributed by atoms with Gasteiger partial charge in [-0.15, -0.1) is 0 Å². The topological polar surface area (TPSA) is 47.3 Å². The molecule has 1 rings (SSSR count). The predicted molar refractivity (Wildman–Crippen MR) is 85.7 cm³/mol. The van der Waals surface area contributed by atoms with Crippen LogP contribution >= 0.6 is 0 Å². The van der Waals surface area contributed by atoms with Crippen molar-refractivity contribution in [1.82, 2.24) is 5.43 Å². The van der Waals surface area contributed by atoms with E-state index in [4.69, 9.17) is 10.6 Å². The van der Waals surface area contributed by atoms with Crippen molar-refractivity contribution in [2.24, 2.45) is 5.84 Å². The van der Waals surface area contributed by atoms with E-state index >= 15 is 0 Å². The first-order chi connectivity index (χ1) is 9.52. The monoisotopic (exact) mass is 278 g/mol. The molecule has 0 amide bonds. The Balaban J connectivity index is 3.02. The van der Waals surface area contributed by atoms with Crippen LogP contribution in [0.4, 0.5) is 0 Å². The molecule has 0 fully saturated rings. The zero-order valence-corrected chi connectivity index (χ0v) is 13.6. The van der Waals surface area contributed by atoms with Crippen molar-refractivity contribution in [1.29, 1.82) is 0 Å². The molecule has 3 nitrogen and oxygen atoms in total. The number of hydrogen-bond acceptors (Lipinski definition) is 3. The van der Waals surface area contributed by atoms with Crippen LogP contribution in [0.2, 0.25) is 0 Å². The summed E-state index contributed by atoms with van der Waals surface area (Å²) >= 11 is 0. The highest BCUT2D eigenvalue weighted by atomic mass is 16.5. The van der Waals surface area contributed by atoms with Gasteiger partial charge in [0, 0.05) is 6.61 Å². The largest absolute Gasteiger partial charge is 0.374 e. The van der Waals surface area contributed by atoms with E-state index in [0.29, 0.717) is 6.61 Å². The molecule has 3 heteroatoms. The van der Waals surface area contributed by atoms with Crippen molar-refractivity contribution in [3.63, 3.8) is 0 Å². The summed E-state index contributed by atoms with van der Waals surface area (Å²) in [6, 6.07) is 6.71. The van der Waals surface area contributed by atoms with Crippen LogP contribution in [0, 0.1) is 13.8 Å². The smallest absolute Gasteiger partial charge is 0.0846 e. The van der Waals surface area contributed by atoms with E-state index in [9.17, 15) is 0 Å². The van der Waals surface area contributed by atoms with Crippen LogP contribution in [-0.2, 0) is 11.2 Å². The number of nitrogens with two attached hydrogens (primary N) is 1. The second kappa shape index (κ2) is 7.77. The molecule has 1 aromatic rings. The molecule has 20 heavy (non-hydrogen) atoms. The predicted octanol–water partition coefficient (Wildman–Crippen LogP) is 3.27. The van der Waals surface area contributed by atoms with E-state index in [1.165, 1.54) is 16.7 Å². The molecule has 1 atom stereocenters. The summed E-state index contributed by atoms with van der Waals surface area (Å²) in [5.41, 5.74) is 6.75. The average molecular weight is 278 g/mol. The molecular weight excluding hydrogens is 248 g/mol. The number of hydrazine groups is 1. The Hall–Kier alpha value is -0.900. The van der Waals surface area contributed by atoms with Crippen molar-refractivity contribution in [2.75, 3.05) is 6.61 Å². The van der Waals surface area contributed by atoms with Gasteiger partial charge in [0.15, 0.2) is 0 Å². The first-order valence-corrected chi connectivity index (χ1v) is 7.69. The molecule has 114 valence electrons. The summed E-state index contributed by atoms with van der Waals surface area (Å²) in [7, 11) is 0. The average Bonchev–Trinajstić information content (AvgIpc) is 2.46. The number of aryl methyl sites for hydroxylation is 2. The zero-order valence-electron chi connectivity index (χ0n) is 13.6. The van der Waals surface area contributed by atoms with Crippen molar-refractivity contribution in [3.05, 3.63) is 34.9 Å². The van der Waals surface area contributed by atoms with Gasteiger partial charge >= 0.3 is 0 Å². The Bertz CT molecular complexity index is 413. The fraction of sp³-hybridized carbons (Fsp3) is 0.647. The highest BCUT2D eigenvalue weighted by molar-refractivity contribution is 5.31. The Kier molecular flexibility index (Phi) is 6.66. The van der Waals surface area contributed by atoms with Crippen molar-refractivity contribution in [3.8, 4) is 0 Å². The molecule has 0 saturated carbocycles. The van der Waals surface area contributed by atoms with Gasteiger partial charge in [0.1, 0.15) is 0 Å². The minimum absolute atomic E-state index is 0.123. The Morgan fingerprint density at radius 3 is 2.35 bits per heavy atom. The lowest BCUT2D eigenvalue weighted by molar-refractivity contribution is -0.0719. The molecule has 0 radical (unpaired) electrons. The Morgan fingerprint density at radius 1 is 1.20 bits per heavy atom. The maximum Gasteiger partial charge on any atom is 0.0846 e. The third kappa shape index (κ3) is 3.81. The van der Waals surface area contributed by atoms with E-state index in [2.05, 4.69) is 51.3 Å². The molecular formula is C17H30N2O. The van der Waals surface area contributed by atoms with Gasteiger partial charge < -0.3 is 4.74 Å². The summed E-state index contributed by atoms with van der Waals surface area (Å²) in [5, 5.41) is 0. The normalized spacial score (nSPS) is 13.5. The molecule has 3 N–H and O–H groups in total. The number of rotatable bonds is 8. The molecule has 1 unspecified atom stereocenters. The zero-order chi connectivity index (χ0) is 15.2. The highest BCUT2D eigenvalue weighted by Gasteiger charge is 2.36. The minimum atomic E-state index is -0.195. The lowest BCUT2D eigenvalue weighted by atomic mass is 9.83. The van der Waals surface area contributed by atoms with E-state index in [1.54, 1.807) is 0 Å². The number of nitrogens with one attached hydrogen (secondary N) is 1. The van der Waals surface area contributed by atoms with E-state index in [1.807, 2.05) is 6.92 Å². The second-order valence-corrected chi connectivity index (χ2v) is 5.56. The standard InChI is InChI=1S/C17H30N2O/c1-6-17(7-2,20-8-3)16(19-18)12-15-11-13(4)9-10-14(15)5/h9-11,16,19H,6-8,12,18H2,1-5H3. The van der Waals surface area contributed by atoms with E-state index in [-0.39, 0.29) is 11.6 Å². The Morgan fingerprint density at radius 2 is 1.85 bits per heavy atom. The summed E-state index contributed by atoms with van der Waals surface area (Å²) < 4.78 is 6.08. The maximum absolute atomic E-state index is 6.08. The highest BCUT2D eigenvalue weighted by Crippen LogP contribution is 2.28. The van der Waals surface area contributed by atoms with Crippen LogP contribution in [0.1, 0.15) is 50.3 Å².